The summed E-state index contributed by atoms with van der Waals surface area (Å²) in [5.41, 5.74) is 7.42. The number of nitro groups is 1. The fourth-order valence-corrected chi connectivity index (χ4v) is 1.27. The third kappa shape index (κ3) is 4.58. The maximum Gasteiger partial charge on any atom is 0.281 e. The second kappa shape index (κ2) is 6.29. The minimum absolute atomic E-state index is 0.0606. The van der Waals surface area contributed by atoms with Crippen LogP contribution >= 0.6 is 0 Å². The monoisotopic (exact) mass is 262 g/mol. The molecule has 0 aliphatic carbocycles. The molecule has 2 rings (SSSR count). The summed E-state index contributed by atoms with van der Waals surface area (Å²) in [6, 6.07) is 6.00. The predicted octanol–water partition coefficient (Wildman–Crippen LogP) is 1.51. The zero-order valence-corrected chi connectivity index (χ0v) is 10.6. The van der Waals surface area contributed by atoms with Crippen LogP contribution in [-0.4, -0.2) is 9.91 Å². The third-order valence-electron chi connectivity index (χ3n) is 2.22. The molecule has 0 radical (unpaired) electrons. The molecule has 0 aromatic carbocycles. The highest BCUT2D eigenvalue weighted by atomic mass is 16.6. The van der Waals surface area contributed by atoms with Gasteiger partial charge in [0.25, 0.3) is 5.69 Å². The average molecular weight is 262 g/mol. The number of nitrogens with two attached hydrogens (primary N) is 1. The van der Waals surface area contributed by atoms with Crippen LogP contribution in [0, 0.1) is 29.2 Å². The number of nitrogens with zero attached hydrogens (tertiary/aromatic N) is 3. The van der Waals surface area contributed by atoms with Gasteiger partial charge in [0.1, 0.15) is 0 Å². The van der Waals surface area contributed by atoms with Crippen LogP contribution in [0.25, 0.3) is 0 Å². The number of aryl methyl sites for hydroxylation is 2. The number of hydrogen-bond acceptors (Lipinski definition) is 5. The highest BCUT2D eigenvalue weighted by Crippen LogP contribution is 2.07. The lowest BCUT2D eigenvalue weighted by molar-refractivity contribution is -0.613. The molecule has 0 atom stereocenters. The Labute approximate surface area is 110 Å². The van der Waals surface area contributed by atoms with Gasteiger partial charge in [-0.05, 0) is 19.1 Å². The Hall–Kier alpha value is -2.70. The smallest absolute Gasteiger partial charge is 0.281 e. The van der Waals surface area contributed by atoms with E-state index in [0.29, 0.717) is 10.4 Å². The first-order valence-corrected chi connectivity index (χ1v) is 5.42. The van der Waals surface area contributed by atoms with Gasteiger partial charge >= 0.3 is 0 Å². The first-order chi connectivity index (χ1) is 8.90. The first kappa shape index (κ1) is 14.4. The highest BCUT2D eigenvalue weighted by Gasteiger charge is 2.08. The van der Waals surface area contributed by atoms with Crippen LogP contribution in [0.2, 0.25) is 0 Å². The molecule has 0 unspecified atom stereocenters. The minimum Gasteiger partial charge on any atom is -0.619 e. The second-order valence-corrected chi connectivity index (χ2v) is 3.84. The quantitative estimate of drug-likeness (QED) is 0.362. The van der Waals surface area contributed by atoms with Crippen LogP contribution in [0.4, 0.5) is 11.4 Å². The Morgan fingerprint density at radius 3 is 2.42 bits per heavy atom. The summed E-state index contributed by atoms with van der Waals surface area (Å²) in [6.07, 6.45) is 2.82. The minimum atomic E-state index is -0.535. The van der Waals surface area contributed by atoms with E-state index >= 15 is 0 Å². The molecule has 7 heteroatoms. The van der Waals surface area contributed by atoms with Crippen LogP contribution in [0.5, 0.6) is 0 Å². The van der Waals surface area contributed by atoms with Gasteiger partial charge in [0.2, 0.25) is 0 Å². The van der Waals surface area contributed by atoms with Crippen LogP contribution < -0.4 is 10.5 Å². The number of pyridine rings is 2. The van der Waals surface area contributed by atoms with Crippen molar-refractivity contribution in [2.24, 2.45) is 0 Å². The lowest BCUT2D eigenvalue weighted by Crippen LogP contribution is -2.28. The van der Waals surface area contributed by atoms with E-state index in [0.717, 1.165) is 17.6 Å². The standard InChI is InChI=1S/C6H6N2O3.C6H8N2/c1-5-4-6(8(10)11)2-3-7(5)9;1-5-4-6(7)2-3-8-5/h2-4H,1H3;2-4H,1H3,(H2,7,8). The van der Waals surface area contributed by atoms with E-state index in [1.807, 2.05) is 13.0 Å². The zero-order chi connectivity index (χ0) is 14.4. The van der Waals surface area contributed by atoms with Crippen molar-refractivity contribution in [3.63, 3.8) is 0 Å². The van der Waals surface area contributed by atoms with Gasteiger partial charge in [0.15, 0.2) is 11.9 Å². The molecule has 100 valence electrons. The molecule has 0 fully saturated rings. The predicted molar refractivity (Wildman–Crippen MR) is 70.2 cm³/mol. The lowest BCUT2D eigenvalue weighted by atomic mass is 10.3. The van der Waals surface area contributed by atoms with E-state index in [1.165, 1.54) is 19.1 Å². The summed E-state index contributed by atoms with van der Waals surface area (Å²) < 4.78 is 0.576. The summed E-state index contributed by atoms with van der Waals surface area (Å²) in [6.45, 7) is 3.43. The molecule has 2 aromatic rings. The molecule has 19 heavy (non-hydrogen) atoms. The molecule has 0 bridgehead atoms. The normalized spacial score (nSPS) is 9.37. The number of hydrogen-bond donors (Lipinski definition) is 1. The van der Waals surface area contributed by atoms with Crippen LogP contribution in [0.15, 0.2) is 36.7 Å². The third-order valence-corrected chi connectivity index (χ3v) is 2.22. The molecule has 0 amide bonds. The first-order valence-electron chi connectivity index (χ1n) is 5.42. The molecule has 7 nitrogen and oxygen atoms in total. The fraction of sp³-hybridized carbons (Fsp3) is 0.167. The van der Waals surface area contributed by atoms with Gasteiger partial charge in [-0.15, -0.1) is 0 Å². The van der Waals surface area contributed by atoms with Gasteiger partial charge in [0, 0.05) is 24.5 Å². The van der Waals surface area contributed by atoms with Crippen molar-refractivity contribution in [3.05, 3.63) is 63.4 Å². The van der Waals surface area contributed by atoms with E-state index in [2.05, 4.69) is 4.98 Å². The lowest BCUT2D eigenvalue weighted by Gasteiger charge is -1.97. The summed E-state index contributed by atoms with van der Waals surface area (Å²) in [5, 5.41) is 20.8. The molecule has 0 aliphatic heterocycles. The van der Waals surface area contributed by atoms with Crippen molar-refractivity contribution in [2.75, 3.05) is 5.73 Å². The Kier molecular flexibility index (Phi) is 4.76. The van der Waals surface area contributed by atoms with Crippen molar-refractivity contribution in [1.29, 1.82) is 0 Å². The van der Waals surface area contributed by atoms with Gasteiger partial charge < -0.3 is 10.9 Å². The van der Waals surface area contributed by atoms with E-state index in [-0.39, 0.29) is 5.69 Å². The Morgan fingerprint density at radius 2 is 2.00 bits per heavy atom. The van der Waals surface area contributed by atoms with Gasteiger partial charge in [0.05, 0.1) is 17.1 Å². The van der Waals surface area contributed by atoms with Gasteiger partial charge in [-0.25, -0.2) is 0 Å². The fourth-order valence-electron chi connectivity index (χ4n) is 1.27. The summed E-state index contributed by atoms with van der Waals surface area (Å²) >= 11 is 0. The molecule has 0 saturated heterocycles. The van der Waals surface area contributed by atoms with E-state index in [1.54, 1.807) is 12.3 Å². The maximum absolute atomic E-state index is 10.7. The highest BCUT2D eigenvalue weighted by molar-refractivity contribution is 5.36. The summed E-state index contributed by atoms with van der Waals surface area (Å²) in [4.78, 5) is 13.6. The number of anilines is 1. The topological polar surface area (TPSA) is 109 Å². The Morgan fingerprint density at radius 1 is 1.32 bits per heavy atom. The van der Waals surface area contributed by atoms with Crippen molar-refractivity contribution in [3.8, 4) is 0 Å². The largest absolute Gasteiger partial charge is 0.619 e. The molecular weight excluding hydrogens is 248 g/mol. The van der Waals surface area contributed by atoms with Crippen LogP contribution in [0.1, 0.15) is 11.4 Å². The number of aromatic nitrogens is 2. The molecule has 0 saturated carbocycles. The Bertz CT molecular complexity index is 570. The molecular formula is C12H14N4O3. The van der Waals surface area contributed by atoms with Crippen molar-refractivity contribution < 1.29 is 9.65 Å². The van der Waals surface area contributed by atoms with Crippen molar-refractivity contribution in [2.45, 2.75) is 13.8 Å². The van der Waals surface area contributed by atoms with E-state index in [9.17, 15) is 15.3 Å². The molecule has 0 spiro atoms. The molecule has 2 aromatic heterocycles. The van der Waals surface area contributed by atoms with Gasteiger partial charge in [-0.3, -0.25) is 15.1 Å². The summed E-state index contributed by atoms with van der Waals surface area (Å²) in [5.74, 6) is 0. The van der Waals surface area contributed by atoms with E-state index < -0.39 is 4.92 Å². The van der Waals surface area contributed by atoms with Crippen LogP contribution in [0.3, 0.4) is 0 Å². The summed E-state index contributed by atoms with van der Waals surface area (Å²) in [7, 11) is 0. The molecule has 2 heterocycles. The van der Waals surface area contributed by atoms with E-state index in [4.69, 9.17) is 5.73 Å². The Balaban J connectivity index is 0.000000200. The van der Waals surface area contributed by atoms with Crippen LogP contribution in [-0.2, 0) is 0 Å². The molecule has 2 N–H and O–H groups in total. The van der Waals surface area contributed by atoms with Gasteiger partial charge in [-0.2, -0.15) is 4.73 Å². The zero-order valence-electron chi connectivity index (χ0n) is 10.6. The van der Waals surface area contributed by atoms with Crippen molar-refractivity contribution >= 4 is 11.4 Å². The SMILES string of the molecule is Cc1cc(N)ccn1.Cc1cc([N+](=O)[O-])cc[n+]1[O-]. The average Bonchev–Trinajstić information content (AvgIpc) is 2.33. The maximum atomic E-state index is 10.7. The molecule has 0 aliphatic rings. The van der Waals surface area contributed by atoms with Gasteiger partial charge in [-0.1, -0.05) is 0 Å². The number of rotatable bonds is 1. The second-order valence-electron chi connectivity index (χ2n) is 3.84. The van der Waals surface area contributed by atoms with Crippen molar-refractivity contribution in [1.82, 2.24) is 4.98 Å². The number of nitrogen functional groups attached to an aromatic ring is 1.